The number of anilines is 1. The largest absolute Gasteiger partial charge is 0.353 e. The quantitative estimate of drug-likeness (QED) is 0.692. The molecular formula is C15H13ClN4. The van der Waals surface area contributed by atoms with Gasteiger partial charge in [0.2, 0.25) is 5.28 Å². The van der Waals surface area contributed by atoms with Crippen molar-refractivity contribution in [3.63, 3.8) is 0 Å². The fraction of sp³-hybridized carbons (Fsp3) is 0.133. The maximum atomic E-state index is 5.99. The highest BCUT2D eigenvalue weighted by Gasteiger charge is 2.12. The van der Waals surface area contributed by atoms with E-state index in [1.54, 1.807) is 6.20 Å². The first-order valence-corrected chi connectivity index (χ1v) is 6.65. The molecule has 5 heteroatoms. The molecule has 3 aromatic rings. The minimum absolute atomic E-state index is 0.236. The molecule has 0 aliphatic rings. The average molecular weight is 285 g/mol. The van der Waals surface area contributed by atoms with E-state index in [1.807, 2.05) is 42.3 Å². The lowest BCUT2D eigenvalue weighted by Crippen LogP contribution is -2.18. The van der Waals surface area contributed by atoms with Crippen LogP contribution in [0, 0.1) is 0 Å². The highest BCUT2D eigenvalue weighted by molar-refractivity contribution is 6.28. The molecule has 0 aliphatic heterocycles. The molecule has 1 aromatic carbocycles. The van der Waals surface area contributed by atoms with Crippen molar-refractivity contribution < 1.29 is 0 Å². The first kappa shape index (κ1) is 12.8. The first-order valence-electron chi connectivity index (χ1n) is 6.27. The van der Waals surface area contributed by atoms with Crippen molar-refractivity contribution in [2.75, 3.05) is 11.9 Å². The van der Waals surface area contributed by atoms with Gasteiger partial charge in [-0.1, -0.05) is 30.3 Å². The Bertz CT molecular complexity index is 730. The van der Waals surface area contributed by atoms with E-state index >= 15 is 0 Å². The third-order valence-electron chi connectivity index (χ3n) is 3.03. The first-order chi connectivity index (χ1) is 9.74. The Balaban J connectivity index is 2.01. The van der Waals surface area contributed by atoms with Crippen LogP contribution in [-0.2, 0) is 6.54 Å². The zero-order chi connectivity index (χ0) is 13.9. The lowest BCUT2D eigenvalue weighted by Gasteiger charge is -2.19. The lowest BCUT2D eigenvalue weighted by molar-refractivity contribution is 0.897. The van der Waals surface area contributed by atoms with Gasteiger partial charge in [0.05, 0.1) is 5.52 Å². The van der Waals surface area contributed by atoms with Gasteiger partial charge in [0.15, 0.2) is 5.82 Å². The average Bonchev–Trinajstić information content (AvgIpc) is 2.47. The van der Waals surface area contributed by atoms with Crippen molar-refractivity contribution in [1.82, 2.24) is 15.0 Å². The standard InChI is InChI=1S/C15H13ClN4/c1-20(10-11-6-3-2-4-7-11)14-13-12(8-5-9-17-13)18-15(16)19-14/h2-9H,10H2,1H3. The maximum absolute atomic E-state index is 5.99. The van der Waals surface area contributed by atoms with Crippen LogP contribution in [0.3, 0.4) is 0 Å². The van der Waals surface area contributed by atoms with Crippen LogP contribution in [0.4, 0.5) is 5.82 Å². The van der Waals surface area contributed by atoms with Crippen LogP contribution < -0.4 is 4.90 Å². The molecule has 4 nitrogen and oxygen atoms in total. The molecule has 0 unspecified atom stereocenters. The summed E-state index contributed by atoms with van der Waals surface area (Å²) in [5.41, 5.74) is 2.71. The normalized spacial score (nSPS) is 10.7. The molecule has 0 fully saturated rings. The fourth-order valence-electron chi connectivity index (χ4n) is 2.12. The second-order valence-corrected chi connectivity index (χ2v) is 4.87. The van der Waals surface area contributed by atoms with E-state index < -0.39 is 0 Å². The van der Waals surface area contributed by atoms with E-state index in [0.717, 1.165) is 23.4 Å². The molecule has 0 spiro atoms. The van der Waals surface area contributed by atoms with Crippen LogP contribution in [0.1, 0.15) is 5.56 Å². The van der Waals surface area contributed by atoms with Gasteiger partial charge in [0, 0.05) is 19.8 Å². The smallest absolute Gasteiger partial charge is 0.225 e. The van der Waals surface area contributed by atoms with Crippen molar-refractivity contribution >= 4 is 28.5 Å². The Hall–Kier alpha value is -2.20. The van der Waals surface area contributed by atoms with Crippen LogP contribution in [-0.4, -0.2) is 22.0 Å². The minimum Gasteiger partial charge on any atom is -0.353 e. The van der Waals surface area contributed by atoms with Crippen LogP contribution in [0.2, 0.25) is 5.28 Å². The summed E-state index contributed by atoms with van der Waals surface area (Å²) in [5, 5.41) is 0.236. The minimum atomic E-state index is 0.236. The molecule has 0 amide bonds. The zero-order valence-electron chi connectivity index (χ0n) is 11.0. The lowest BCUT2D eigenvalue weighted by atomic mass is 10.2. The molecule has 20 heavy (non-hydrogen) atoms. The van der Waals surface area contributed by atoms with Gasteiger partial charge in [0.25, 0.3) is 0 Å². The Kier molecular flexibility index (Phi) is 3.48. The Morgan fingerprint density at radius 1 is 1.05 bits per heavy atom. The highest BCUT2D eigenvalue weighted by atomic mass is 35.5. The number of hydrogen-bond acceptors (Lipinski definition) is 4. The van der Waals surface area contributed by atoms with Crippen LogP contribution >= 0.6 is 11.6 Å². The Morgan fingerprint density at radius 2 is 1.85 bits per heavy atom. The number of nitrogens with zero attached hydrogens (tertiary/aromatic N) is 4. The van der Waals surface area contributed by atoms with Crippen molar-refractivity contribution in [2.24, 2.45) is 0 Å². The van der Waals surface area contributed by atoms with E-state index in [0.29, 0.717) is 0 Å². The van der Waals surface area contributed by atoms with Gasteiger partial charge < -0.3 is 4.90 Å². The Morgan fingerprint density at radius 3 is 2.65 bits per heavy atom. The number of fused-ring (bicyclic) bond motifs is 1. The van der Waals surface area contributed by atoms with Gasteiger partial charge in [-0.3, -0.25) is 4.98 Å². The number of benzene rings is 1. The van der Waals surface area contributed by atoms with E-state index in [-0.39, 0.29) is 5.28 Å². The van der Waals surface area contributed by atoms with Crippen LogP contribution in [0.25, 0.3) is 11.0 Å². The molecule has 0 saturated heterocycles. The SMILES string of the molecule is CN(Cc1ccccc1)c1nc(Cl)nc2cccnc12. The zero-order valence-corrected chi connectivity index (χ0v) is 11.7. The summed E-state index contributed by atoms with van der Waals surface area (Å²) < 4.78 is 0. The highest BCUT2D eigenvalue weighted by Crippen LogP contribution is 2.23. The van der Waals surface area contributed by atoms with Gasteiger partial charge in [0.1, 0.15) is 5.52 Å². The molecule has 0 bridgehead atoms. The van der Waals surface area contributed by atoms with Crippen molar-refractivity contribution in [1.29, 1.82) is 0 Å². The summed E-state index contributed by atoms with van der Waals surface area (Å²) in [7, 11) is 1.97. The second kappa shape index (κ2) is 5.43. The molecule has 2 aromatic heterocycles. The van der Waals surface area contributed by atoms with Crippen LogP contribution in [0.5, 0.6) is 0 Å². The van der Waals surface area contributed by atoms with E-state index in [9.17, 15) is 0 Å². The van der Waals surface area contributed by atoms with E-state index in [4.69, 9.17) is 11.6 Å². The third-order valence-corrected chi connectivity index (χ3v) is 3.20. The molecule has 0 saturated carbocycles. The topological polar surface area (TPSA) is 41.9 Å². The number of rotatable bonds is 3. The maximum Gasteiger partial charge on any atom is 0.225 e. The molecule has 0 radical (unpaired) electrons. The molecule has 0 atom stereocenters. The fourth-order valence-corrected chi connectivity index (χ4v) is 2.29. The summed E-state index contributed by atoms with van der Waals surface area (Å²) in [6.45, 7) is 0.736. The molecule has 0 aliphatic carbocycles. The predicted molar refractivity (Wildman–Crippen MR) is 80.9 cm³/mol. The summed E-state index contributed by atoms with van der Waals surface area (Å²) in [6, 6.07) is 13.9. The summed E-state index contributed by atoms with van der Waals surface area (Å²) in [4.78, 5) is 14.9. The molecule has 0 N–H and O–H groups in total. The summed E-state index contributed by atoms with van der Waals surface area (Å²) in [5.74, 6) is 0.740. The molecule has 100 valence electrons. The number of pyridine rings is 1. The van der Waals surface area contributed by atoms with Gasteiger partial charge in [-0.2, -0.15) is 4.98 Å². The van der Waals surface area contributed by atoms with Crippen molar-refractivity contribution in [2.45, 2.75) is 6.54 Å². The van der Waals surface area contributed by atoms with Crippen LogP contribution in [0.15, 0.2) is 48.7 Å². The summed E-state index contributed by atoms with van der Waals surface area (Å²) in [6.07, 6.45) is 1.74. The Labute approximate surface area is 122 Å². The molecular weight excluding hydrogens is 272 g/mol. The number of halogens is 1. The molecule has 3 rings (SSSR count). The molecule has 2 heterocycles. The van der Waals surface area contributed by atoms with Gasteiger partial charge in [-0.05, 0) is 29.3 Å². The predicted octanol–water partition coefficient (Wildman–Crippen LogP) is 3.31. The van der Waals surface area contributed by atoms with Crippen molar-refractivity contribution in [3.05, 3.63) is 59.5 Å². The second-order valence-electron chi connectivity index (χ2n) is 4.53. The third kappa shape index (κ3) is 2.56. The summed E-state index contributed by atoms with van der Waals surface area (Å²) >= 11 is 5.99. The number of hydrogen-bond donors (Lipinski definition) is 0. The van der Waals surface area contributed by atoms with Gasteiger partial charge in [-0.25, -0.2) is 4.98 Å². The van der Waals surface area contributed by atoms with Crippen molar-refractivity contribution in [3.8, 4) is 0 Å². The number of aromatic nitrogens is 3. The monoisotopic (exact) mass is 284 g/mol. The van der Waals surface area contributed by atoms with E-state index in [1.165, 1.54) is 5.56 Å². The van der Waals surface area contributed by atoms with Gasteiger partial charge >= 0.3 is 0 Å². The van der Waals surface area contributed by atoms with Gasteiger partial charge in [-0.15, -0.1) is 0 Å². The van der Waals surface area contributed by atoms with E-state index in [2.05, 4.69) is 27.1 Å².